The van der Waals surface area contributed by atoms with Gasteiger partial charge in [0, 0.05) is 29.2 Å². The number of nitrogens with one attached hydrogen (secondary N) is 2. The number of hydrogen-bond donors (Lipinski definition) is 4. The Balaban J connectivity index is 1.92. The summed E-state index contributed by atoms with van der Waals surface area (Å²) in [6, 6.07) is 8.02. The van der Waals surface area contributed by atoms with Gasteiger partial charge < -0.3 is 25.3 Å². The maximum absolute atomic E-state index is 10.0. The molecule has 0 aliphatic carbocycles. The number of aliphatic hydroxyl groups excluding tert-OH is 2. The first-order chi connectivity index (χ1) is 10.7. The van der Waals surface area contributed by atoms with Crippen molar-refractivity contribution in [3.63, 3.8) is 0 Å². The molecule has 1 atom stereocenters. The molecule has 0 radical (unpaired) electrons. The predicted octanol–water partition coefficient (Wildman–Crippen LogP) is 2.18. The fourth-order valence-electron chi connectivity index (χ4n) is 2.52. The molecule has 0 saturated heterocycles. The van der Waals surface area contributed by atoms with E-state index in [1.165, 1.54) is 0 Å². The molecule has 0 bridgehead atoms. The zero-order valence-electron chi connectivity index (χ0n) is 13.3. The average molecular weight is 306 g/mol. The largest absolute Gasteiger partial charge is 0.490 e. The molecule has 5 nitrogen and oxygen atoms in total. The Morgan fingerprint density at radius 3 is 2.73 bits per heavy atom. The first kappa shape index (κ1) is 16.8. The van der Waals surface area contributed by atoms with Crippen molar-refractivity contribution in [3.05, 3.63) is 30.0 Å². The summed E-state index contributed by atoms with van der Waals surface area (Å²) in [5.41, 5.74) is 1.67. The molecular weight excluding hydrogens is 280 g/mol. The molecule has 0 saturated carbocycles. The fraction of sp³-hybridized carbons (Fsp3) is 0.529. The third-order valence-electron chi connectivity index (χ3n) is 3.91. The number of fused-ring (bicyclic) bond motifs is 1. The van der Waals surface area contributed by atoms with Crippen LogP contribution in [0.5, 0.6) is 5.75 Å². The molecular formula is C17H26N2O3. The van der Waals surface area contributed by atoms with Gasteiger partial charge in [-0.15, -0.1) is 0 Å². The van der Waals surface area contributed by atoms with E-state index >= 15 is 0 Å². The highest BCUT2D eigenvalue weighted by atomic mass is 16.5. The van der Waals surface area contributed by atoms with Crippen LogP contribution in [-0.2, 0) is 6.61 Å². The zero-order valence-corrected chi connectivity index (χ0v) is 13.3. The van der Waals surface area contributed by atoms with Crippen LogP contribution in [0.1, 0.15) is 32.4 Å². The van der Waals surface area contributed by atoms with E-state index in [1.54, 1.807) is 0 Å². The van der Waals surface area contributed by atoms with Gasteiger partial charge in [0.25, 0.3) is 0 Å². The van der Waals surface area contributed by atoms with Crippen LogP contribution in [0.3, 0.4) is 0 Å². The highest BCUT2D eigenvalue weighted by molar-refractivity contribution is 5.86. The van der Waals surface area contributed by atoms with Crippen LogP contribution in [0.25, 0.3) is 10.9 Å². The highest BCUT2D eigenvalue weighted by Crippen LogP contribution is 2.26. The van der Waals surface area contributed by atoms with E-state index in [2.05, 4.69) is 24.1 Å². The van der Waals surface area contributed by atoms with Gasteiger partial charge >= 0.3 is 0 Å². The van der Waals surface area contributed by atoms with E-state index in [0.717, 1.165) is 35.2 Å². The second-order valence-corrected chi connectivity index (χ2v) is 5.56. The first-order valence-electron chi connectivity index (χ1n) is 7.93. The summed E-state index contributed by atoms with van der Waals surface area (Å²) in [7, 11) is 0. The van der Waals surface area contributed by atoms with Gasteiger partial charge in [0.15, 0.2) is 0 Å². The lowest BCUT2D eigenvalue weighted by molar-refractivity contribution is 0.104. The number of H-pyrrole nitrogens is 1. The quantitative estimate of drug-likeness (QED) is 0.573. The molecule has 5 heteroatoms. The van der Waals surface area contributed by atoms with Gasteiger partial charge in [-0.2, -0.15) is 0 Å². The summed E-state index contributed by atoms with van der Waals surface area (Å²) in [5, 5.41) is 23.5. The molecule has 1 aromatic heterocycles. The van der Waals surface area contributed by atoms with E-state index in [-0.39, 0.29) is 13.2 Å². The molecule has 22 heavy (non-hydrogen) atoms. The molecule has 122 valence electrons. The van der Waals surface area contributed by atoms with E-state index in [1.807, 2.05) is 24.3 Å². The Morgan fingerprint density at radius 1 is 1.27 bits per heavy atom. The Kier molecular flexibility index (Phi) is 6.24. The number of hydrogen-bond acceptors (Lipinski definition) is 4. The number of aromatic amines is 1. The Labute approximate surface area is 131 Å². The van der Waals surface area contributed by atoms with Gasteiger partial charge in [-0.25, -0.2) is 0 Å². The van der Waals surface area contributed by atoms with Crippen molar-refractivity contribution < 1.29 is 14.9 Å². The molecule has 1 aromatic carbocycles. The standard InChI is InChI=1S/C17H26N2O3/c1-3-12(4-2)18-9-14(21)11-22-17-7-5-6-16-15(17)8-13(10-20)19-16/h5-8,12,14,18-21H,3-4,9-11H2,1-2H3. The molecule has 0 spiro atoms. The summed E-state index contributed by atoms with van der Waals surface area (Å²) in [6.07, 6.45) is 1.56. The van der Waals surface area contributed by atoms with Crippen molar-refractivity contribution in [1.29, 1.82) is 0 Å². The SMILES string of the molecule is CCC(CC)NCC(O)COc1cccc2[nH]c(CO)cc12. The lowest BCUT2D eigenvalue weighted by atomic mass is 10.1. The summed E-state index contributed by atoms with van der Waals surface area (Å²) in [6.45, 7) is 5.00. The number of aliphatic hydroxyl groups is 2. The first-order valence-corrected chi connectivity index (χ1v) is 7.93. The van der Waals surface area contributed by atoms with E-state index in [0.29, 0.717) is 12.6 Å². The van der Waals surface area contributed by atoms with Gasteiger partial charge in [-0.1, -0.05) is 19.9 Å². The Morgan fingerprint density at radius 2 is 2.05 bits per heavy atom. The average Bonchev–Trinajstić information content (AvgIpc) is 2.97. The van der Waals surface area contributed by atoms with Crippen LogP contribution in [0.2, 0.25) is 0 Å². The fourth-order valence-corrected chi connectivity index (χ4v) is 2.52. The second kappa shape index (κ2) is 8.17. The molecule has 4 N–H and O–H groups in total. The summed E-state index contributed by atoms with van der Waals surface area (Å²) < 4.78 is 5.75. The molecule has 0 aliphatic heterocycles. The molecule has 0 fully saturated rings. The number of benzene rings is 1. The summed E-state index contributed by atoms with van der Waals surface area (Å²) >= 11 is 0. The molecule has 0 amide bonds. The molecule has 2 rings (SSSR count). The van der Waals surface area contributed by atoms with Crippen LogP contribution in [0, 0.1) is 0 Å². The normalized spacial score (nSPS) is 13.0. The molecule has 1 heterocycles. The van der Waals surface area contributed by atoms with Crippen LogP contribution in [0.4, 0.5) is 0 Å². The highest BCUT2D eigenvalue weighted by Gasteiger charge is 2.11. The maximum Gasteiger partial charge on any atom is 0.128 e. The van der Waals surface area contributed by atoms with E-state index < -0.39 is 6.10 Å². The Hall–Kier alpha value is -1.56. The van der Waals surface area contributed by atoms with Crippen LogP contribution in [0.15, 0.2) is 24.3 Å². The van der Waals surface area contributed by atoms with Crippen molar-refractivity contribution in [1.82, 2.24) is 10.3 Å². The minimum absolute atomic E-state index is 0.0317. The summed E-state index contributed by atoms with van der Waals surface area (Å²) in [5.74, 6) is 0.718. The third-order valence-corrected chi connectivity index (χ3v) is 3.91. The van der Waals surface area contributed by atoms with Crippen molar-refractivity contribution in [2.24, 2.45) is 0 Å². The lowest BCUT2D eigenvalue weighted by Crippen LogP contribution is -2.37. The van der Waals surface area contributed by atoms with Gasteiger partial charge in [0.1, 0.15) is 18.5 Å². The minimum Gasteiger partial charge on any atom is -0.490 e. The monoisotopic (exact) mass is 306 g/mol. The van der Waals surface area contributed by atoms with Gasteiger partial charge in [0.2, 0.25) is 0 Å². The predicted molar refractivity (Wildman–Crippen MR) is 88.1 cm³/mol. The number of ether oxygens (including phenoxy) is 1. The molecule has 2 aromatic rings. The van der Waals surface area contributed by atoms with Crippen molar-refractivity contribution in [2.75, 3.05) is 13.2 Å². The lowest BCUT2D eigenvalue weighted by Gasteiger charge is -2.18. The maximum atomic E-state index is 10.0. The van der Waals surface area contributed by atoms with E-state index in [9.17, 15) is 10.2 Å². The van der Waals surface area contributed by atoms with Crippen LogP contribution < -0.4 is 10.1 Å². The van der Waals surface area contributed by atoms with Crippen molar-refractivity contribution >= 4 is 10.9 Å². The van der Waals surface area contributed by atoms with Crippen LogP contribution >= 0.6 is 0 Å². The number of rotatable bonds is 9. The zero-order chi connectivity index (χ0) is 15.9. The summed E-state index contributed by atoms with van der Waals surface area (Å²) in [4.78, 5) is 3.12. The van der Waals surface area contributed by atoms with Gasteiger partial charge in [-0.05, 0) is 31.0 Å². The molecule has 0 aliphatic rings. The third kappa shape index (κ3) is 4.22. The minimum atomic E-state index is -0.549. The van der Waals surface area contributed by atoms with Gasteiger partial charge in [-0.3, -0.25) is 0 Å². The second-order valence-electron chi connectivity index (χ2n) is 5.56. The van der Waals surface area contributed by atoms with E-state index in [4.69, 9.17) is 4.74 Å². The van der Waals surface area contributed by atoms with Crippen LogP contribution in [-0.4, -0.2) is 40.5 Å². The van der Waals surface area contributed by atoms with Crippen molar-refractivity contribution in [3.8, 4) is 5.75 Å². The van der Waals surface area contributed by atoms with Gasteiger partial charge in [0.05, 0.1) is 6.61 Å². The topological polar surface area (TPSA) is 77.5 Å². The Bertz CT molecular complexity index is 578. The number of aromatic nitrogens is 1. The van der Waals surface area contributed by atoms with Crippen molar-refractivity contribution in [2.45, 2.75) is 45.4 Å². The molecule has 1 unspecified atom stereocenters. The smallest absolute Gasteiger partial charge is 0.128 e.